The summed E-state index contributed by atoms with van der Waals surface area (Å²) in [7, 11) is 1.74. The molecule has 0 radical (unpaired) electrons. The number of methoxy groups -OCH3 is 1. The van der Waals surface area contributed by atoms with E-state index in [0.717, 1.165) is 19.5 Å². The van der Waals surface area contributed by atoms with Crippen LogP contribution in [-0.4, -0.2) is 42.4 Å². The second-order valence-electron chi connectivity index (χ2n) is 4.34. The zero-order valence-electron chi connectivity index (χ0n) is 9.67. The van der Waals surface area contributed by atoms with Crippen molar-refractivity contribution in [3.05, 3.63) is 35.9 Å². The van der Waals surface area contributed by atoms with Gasteiger partial charge in [-0.3, -0.25) is 4.90 Å². The summed E-state index contributed by atoms with van der Waals surface area (Å²) in [6, 6.07) is 10.6. The fourth-order valence-electron chi connectivity index (χ4n) is 2.31. The molecule has 1 saturated heterocycles. The van der Waals surface area contributed by atoms with Crippen LogP contribution in [0.5, 0.6) is 0 Å². The van der Waals surface area contributed by atoms with Crippen molar-refractivity contribution >= 4 is 0 Å². The van der Waals surface area contributed by atoms with Crippen molar-refractivity contribution in [2.75, 3.05) is 20.3 Å². The van der Waals surface area contributed by atoms with Crippen molar-refractivity contribution in [1.82, 2.24) is 4.90 Å². The summed E-state index contributed by atoms with van der Waals surface area (Å²) < 4.78 is 5.36. The molecule has 88 valence electrons. The normalized spacial score (nSPS) is 26.1. The number of aliphatic hydroxyl groups excluding tert-OH is 1. The molecular formula is C13H19NO2. The zero-order valence-corrected chi connectivity index (χ0v) is 9.67. The van der Waals surface area contributed by atoms with E-state index < -0.39 is 0 Å². The highest BCUT2D eigenvalue weighted by molar-refractivity contribution is 5.15. The predicted molar refractivity (Wildman–Crippen MR) is 63.1 cm³/mol. The molecule has 2 rings (SSSR count). The van der Waals surface area contributed by atoms with Crippen LogP contribution in [0.1, 0.15) is 12.0 Å². The standard InChI is InChI=1S/C13H19NO2/c1-16-13-7-12(10-15)14(9-13)8-11-5-3-2-4-6-11/h2-6,12-13,15H,7-10H2,1H3/t12-,13-/m1/s1. The van der Waals surface area contributed by atoms with E-state index in [4.69, 9.17) is 4.74 Å². The summed E-state index contributed by atoms with van der Waals surface area (Å²) in [6.07, 6.45) is 1.20. The first-order valence-corrected chi connectivity index (χ1v) is 5.75. The van der Waals surface area contributed by atoms with Gasteiger partial charge in [0.15, 0.2) is 0 Å². The van der Waals surface area contributed by atoms with Crippen molar-refractivity contribution < 1.29 is 9.84 Å². The summed E-state index contributed by atoms with van der Waals surface area (Å²) >= 11 is 0. The fourth-order valence-corrected chi connectivity index (χ4v) is 2.31. The molecule has 0 amide bonds. The molecule has 1 fully saturated rings. The summed E-state index contributed by atoms with van der Waals surface area (Å²) in [5, 5.41) is 9.33. The Morgan fingerprint density at radius 1 is 1.38 bits per heavy atom. The average Bonchev–Trinajstić information content (AvgIpc) is 2.73. The SMILES string of the molecule is CO[C@@H]1C[C@H](CO)N(Cc2ccccc2)C1. The van der Waals surface area contributed by atoms with Gasteiger partial charge in [-0.25, -0.2) is 0 Å². The van der Waals surface area contributed by atoms with Gasteiger partial charge in [0.1, 0.15) is 0 Å². The Hall–Kier alpha value is -0.900. The van der Waals surface area contributed by atoms with Crippen molar-refractivity contribution in [2.45, 2.75) is 25.1 Å². The van der Waals surface area contributed by atoms with Crippen molar-refractivity contribution in [3.63, 3.8) is 0 Å². The van der Waals surface area contributed by atoms with E-state index >= 15 is 0 Å². The highest BCUT2D eigenvalue weighted by Crippen LogP contribution is 2.21. The largest absolute Gasteiger partial charge is 0.395 e. The van der Waals surface area contributed by atoms with Crippen LogP contribution in [-0.2, 0) is 11.3 Å². The van der Waals surface area contributed by atoms with Crippen LogP contribution in [0.3, 0.4) is 0 Å². The lowest BCUT2D eigenvalue weighted by Gasteiger charge is -2.22. The fraction of sp³-hybridized carbons (Fsp3) is 0.538. The number of benzene rings is 1. The number of hydrogen-bond acceptors (Lipinski definition) is 3. The van der Waals surface area contributed by atoms with Gasteiger partial charge in [0.25, 0.3) is 0 Å². The van der Waals surface area contributed by atoms with E-state index in [1.165, 1.54) is 5.56 Å². The minimum Gasteiger partial charge on any atom is -0.395 e. The van der Waals surface area contributed by atoms with Gasteiger partial charge in [-0.15, -0.1) is 0 Å². The van der Waals surface area contributed by atoms with Crippen LogP contribution in [0.2, 0.25) is 0 Å². The molecule has 1 aromatic rings. The molecule has 0 bridgehead atoms. The van der Waals surface area contributed by atoms with Gasteiger partial charge < -0.3 is 9.84 Å². The smallest absolute Gasteiger partial charge is 0.0714 e. The summed E-state index contributed by atoms with van der Waals surface area (Å²) in [5.74, 6) is 0. The van der Waals surface area contributed by atoms with Gasteiger partial charge >= 0.3 is 0 Å². The minimum absolute atomic E-state index is 0.215. The molecule has 0 saturated carbocycles. The molecule has 1 heterocycles. The molecule has 2 atom stereocenters. The number of aliphatic hydroxyl groups is 1. The van der Waals surface area contributed by atoms with E-state index in [-0.39, 0.29) is 18.8 Å². The number of hydrogen-bond donors (Lipinski definition) is 1. The van der Waals surface area contributed by atoms with E-state index in [1.807, 2.05) is 18.2 Å². The maximum absolute atomic E-state index is 9.33. The Morgan fingerprint density at radius 3 is 2.75 bits per heavy atom. The third-order valence-corrected chi connectivity index (χ3v) is 3.26. The predicted octanol–water partition coefficient (Wildman–Crippen LogP) is 1.27. The van der Waals surface area contributed by atoms with E-state index in [1.54, 1.807) is 7.11 Å². The number of ether oxygens (including phenoxy) is 1. The molecule has 1 N–H and O–H groups in total. The summed E-state index contributed by atoms with van der Waals surface area (Å²) in [4.78, 5) is 2.30. The van der Waals surface area contributed by atoms with Crippen molar-refractivity contribution in [1.29, 1.82) is 0 Å². The maximum atomic E-state index is 9.33. The monoisotopic (exact) mass is 221 g/mol. The minimum atomic E-state index is 0.215. The second-order valence-corrected chi connectivity index (χ2v) is 4.34. The van der Waals surface area contributed by atoms with Crippen LogP contribution in [0.4, 0.5) is 0 Å². The second kappa shape index (κ2) is 5.43. The quantitative estimate of drug-likeness (QED) is 0.831. The molecule has 3 heteroatoms. The highest BCUT2D eigenvalue weighted by atomic mass is 16.5. The van der Waals surface area contributed by atoms with Gasteiger partial charge in [-0.2, -0.15) is 0 Å². The first kappa shape index (κ1) is 11.6. The Kier molecular flexibility index (Phi) is 3.93. The van der Waals surface area contributed by atoms with Crippen LogP contribution >= 0.6 is 0 Å². The lowest BCUT2D eigenvalue weighted by molar-refractivity contribution is 0.107. The van der Waals surface area contributed by atoms with Gasteiger partial charge in [0, 0.05) is 26.2 Å². The third-order valence-electron chi connectivity index (χ3n) is 3.26. The van der Waals surface area contributed by atoms with Crippen LogP contribution < -0.4 is 0 Å². The lowest BCUT2D eigenvalue weighted by Crippen LogP contribution is -2.31. The summed E-state index contributed by atoms with van der Waals surface area (Å²) in [5.41, 5.74) is 1.29. The van der Waals surface area contributed by atoms with Crippen LogP contribution in [0.25, 0.3) is 0 Å². The summed E-state index contributed by atoms with van der Waals surface area (Å²) in [6.45, 7) is 2.02. The molecule has 3 nitrogen and oxygen atoms in total. The average molecular weight is 221 g/mol. The van der Waals surface area contributed by atoms with Crippen molar-refractivity contribution in [3.8, 4) is 0 Å². The molecule has 1 aliphatic heterocycles. The van der Waals surface area contributed by atoms with Crippen LogP contribution in [0.15, 0.2) is 30.3 Å². The number of likely N-dealkylation sites (tertiary alicyclic amines) is 1. The molecule has 16 heavy (non-hydrogen) atoms. The van der Waals surface area contributed by atoms with E-state index in [9.17, 15) is 5.11 Å². The third kappa shape index (κ3) is 2.61. The first-order valence-electron chi connectivity index (χ1n) is 5.75. The Bertz CT molecular complexity index is 315. The van der Waals surface area contributed by atoms with Gasteiger partial charge in [0.2, 0.25) is 0 Å². The molecular weight excluding hydrogens is 202 g/mol. The van der Waals surface area contributed by atoms with Gasteiger partial charge in [0.05, 0.1) is 12.7 Å². The molecule has 0 aromatic heterocycles. The Labute approximate surface area is 96.6 Å². The van der Waals surface area contributed by atoms with Crippen molar-refractivity contribution in [2.24, 2.45) is 0 Å². The Morgan fingerprint density at radius 2 is 2.12 bits per heavy atom. The molecule has 0 aliphatic carbocycles. The molecule has 1 aliphatic rings. The van der Waals surface area contributed by atoms with E-state index in [0.29, 0.717) is 0 Å². The van der Waals surface area contributed by atoms with Crippen LogP contribution in [0, 0.1) is 0 Å². The highest BCUT2D eigenvalue weighted by Gasteiger charge is 2.31. The number of rotatable bonds is 4. The first-order chi connectivity index (χ1) is 7.83. The molecule has 0 spiro atoms. The van der Waals surface area contributed by atoms with E-state index in [2.05, 4.69) is 17.0 Å². The van der Waals surface area contributed by atoms with Gasteiger partial charge in [-0.05, 0) is 12.0 Å². The van der Waals surface area contributed by atoms with Gasteiger partial charge in [-0.1, -0.05) is 30.3 Å². The maximum Gasteiger partial charge on any atom is 0.0714 e. The molecule has 0 unspecified atom stereocenters. The zero-order chi connectivity index (χ0) is 11.4. The lowest BCUT2D eigenvalue weighted by atomic mass is 10.2. The topological polar surface area (TPSA) is 32.7 Å². The number of nitrogens with zero attached hydrogens (tertiary/aromatic N) is 1. The molecule has 1 aromatic carbocycles. The Balaban J connectivity index is 1.98.